The fourth-order valence-electron chi connectivity index (χ4n) is 2.32. The van der Waals surface area contributed by atoms with E-state index in [1.54, 1.807) is 55.9 Å². The summed E-state index contributed by atoms with van der Waals surface area (Å²) in [7, 11) is 1.57. The summed E-state index contributed by atoms with van der Waals surface area (Å²) in [5.41, 5.74) is 0.829. The highest BCUT2D eigenvalue weighted by atomic mass is 16.5. The number of aromatic nitrogens is 3. The summed E-state index contributed by atoms with van der Waals surface area (Å²) >= 11 is 0. The normalized spacial score (nSPS) is 10.9. The molecule has 0 aliphatic carbocycles. The van der Waals surface area contributed by atoms with Crippen LogP contribution in [0.1, 0.15) is 0 Å². The fourth-order valence-corrected chi connectivity index (χ4v) is 2.32. The predicted octanol–water partition coefficient (Wildman–Crippen LogP) is 2.91. The third-order valence-electron chi connectivity index (χ3n) is 3.52. The van der Waals surface area contributed by atoms with E-state index in [0.717, 1.165) is 5.56 Å². The summed E-state index contributed by atoms with van der Waals surface area (Å²) in [6.07, 6.45) is 3.24. The van der Waals surface area contributed by atoms with Gasteiger partial charge in [0.05, 0.1) is 7.11 Å². The molecule has 0 bridgehead atoms. The molecular weight excluding hydrogens is 310 g/mol. The second-order valence-electron chi connectivity index (χ2n) is 5.00. The van der Waals surface area contributed by atoms with Gasteiger partial charge in [0.2, 0.25) is 5.89 Å². The minimum absolute atomic E-state index is 0.0975. The lowest BCUT2D eigenvalue weighted by atomic mass is 10.2. The van der Waals surface area contributed by atoms with Gasteiger partial charge < -0.3 is 13.6 Å². The van der Waals surface area contributed by atoms with Gasteiger partial charge in [-0.2, -0.15) is 0 Å². The van der Waals surface area contributed by atoms with Crippen molar-refractivity contribution in [3.05, 3.63) is 59.2 Å². The van der Waals surface area contributed by atoms with Crippen molar-refractivity contribution in [3.63, 3.8) is 0 Å². The van der Waals surface area contributed by atoms with Gasteiger partial charge in [0.15, 0.2) is 0 Å². The van der Waals surface area contributed by atoms with Crippen molar-refractivity contribution in [2.75, 3.05) is 7.11 Å². The number of ether oxygens (including phenoxy) is 1. The van der Waals surface area contributed by atoms with Crippen LogP contribution in [-0.4, -0.2) is 22.3 Å². The maximum atomic E-state index is 12.2. The molecular formula is C17H11N3O4. The number of benzene rings is 1. The van der Waals surface area contributed by atoms with Gasteiger partial charge in [0, 0.05) is 23.3 Å². The molecule has 7 nitrogen and oxygen atoms in total. The molecule has 3 heterocycles. The van der Waals surface area contributed by atoms with Crippen LogP contribution < -0.4 is 10.4 Å². The zero-order valence-corrected chi connectivity index (χ0v) is 12.6. The van der Waals surface area contributed by atoms with Crippen LogP contribution in [0.15, 0.2) is 62.4 Å². The molecule has 3 aromatic heterocycles. The number of fused-ring (bicyclic) bond motifs is 1. The number of nitrogens with zero attached hydrogens (tertiary/aromatic N) is 3. The standard InChI is InChI=1S/C17H11N3O4/c1-22-12-2-3-14-11(8-12)9-13(17(21)23-14)16-20-19-15(24-16)10-4-6-18-7-5-10/h2-9H,1H3. The lowest BCUT2D eigenvalue weighted by Crippen LogP contribution is -2.02. The second kappa shape index (κ2) is 5.62. The summed E-state index contributed by atoms with van der Waals surface area (Å²) in [5, 5.41) is 8.61. The van der Waals surface area contributed by atoms with E-state index in [0.29, 0.717) is 22.6 Å². The van der Waals surface area contributed by atoms with Gasteiger partial charge >= 0.3 is 5.63 Å². The van der Waals surface area contributed by atoms with Gasteiger partial charge in [-0.1, -0.05) is 0 Å². The van der Waals surface area contributed by atoms with E-state index in [9.17, 15) is 4.79 Å². The number of pyridine rings is 1. The van der Waals surface area contributed by atoms with Gasteiger partial charge in [-0.15, -0.1) is 10.2 Å². The fraction of sp³-hybridized carbons (Fsp3) is 0.0588. The number of rotatable bonds is 3. The Morgan fingerprint density at radius 1 is 0.958 bits per heavy atom. The lowest BCUT2D eigenvalue weighted by molar-refractivity contribution is 0.415. The SMILES string of the molecule is COc1ccc2oc(=O)c(-c3nnc(-c4ccncc4)o3)cc2c1. The van der Waals surface area contributed by atoms with Crippen LogP contribution in [0.25, 0.3) is 33.9 Å². The molecule has 24 heavy (non-hydrogen) atoms. The Labute approximate surface area is 135 Å². The van der Waals surface area contributed by atoms with Crippen LogP contribution in [0.3, 0.4) is 0 Å². The molecule has 0 spiro atoms. The number of methoxy groups -OCH3 is 1. The van der Waals surface area contributed by atoms with Crippen molar-refractivity contribution in [1.82, 2.24) is 15.2 Å². The molecule has 0 fully saturated rings. The highest BCUT2D eigenvalue weighted by Gasteiger charge is 2.16. The Hall–Kier alpha value is -3.48. The van der Waals surface area contributed by atoms with Gasteiger partial charge in [0.25, 0.3) is 5.89 Å². The first-order chi connectivity index (χ1) is 11.7. The Balaban J connectivity index is 1.83. The number of hydrogen-bond acceptors (Lipinski definition) is 7. The first-order valence-corrected chi connectivity index (χ1v) is 7.11. The average Bonchev–Trinajstić information content (AvgIpc) is 3.11. The van der Waals surface area contributed by atoms with E-state index in [1.807, 2.05) is 0 Å². The van der Waals surface area contributed by atoms with Crippen molar-refractivity contribution in [3.8, 4) is 28.7 Å². The molecule has 0 saturated carbocycles. The van der Waals surface area contributed by atoms with Crippen LogP contribution >= 0.6 is 0 Å². The molecule has 0 aliphatic rings. The second-order valence-corrected chi connectivity index (χ2v) is 5.00. The quantitative estimate of drug-likeness (QED) is 0.536. The van der Waals surface area contributed by atoms with Crippen molar-refractivity contribution in [2.45, 2.75) is 0 Å². The van der Waals surface area contributed by atoms with E-state index < -0.39 is 5.63 Å². The first kappa shape index (κ1) is 14.1. The van der Waals surface area contributed by atoms with Crippen LogP contribution in [0.5, 0.6) is 5.75 Å². The van der Waals surface area contributed by atoms with E-state index in [2.05, 4.69) is 15.2 Å². The van der Waals surface area contributed by atoms with Gasteiger partial charge in [-0.3, -0.25) is 4.98 Å². The van der Waals surface area contributed by atoms with E-state index in [4.69, 9.17) is 13.6 Å². The Kier molecular flexibility index (Phi) is 3.31. The van der Waals surface area contributed by atoms with Crippen molar-refractivity contribution < 1.29 is 13.6 Å². The third kappa shape index (κ3) is 2.41. The summed E-state index contributed by atoms with van der Waals surface area (Å²) in [6, 6.07) is 10.3. The van der Waals surface area contributed by atoms with Crippen LogP contribution in [0.4, 0.5) is 0 Å². The topological polar surface area (TPSA) is 91.2 Å². The molecule has 0 atom stereocenters. The Morgan fingerprint density at radius 3 is 2.54 bits per heavy atom. The summed E-state index contributed by atoms with van der Waals surface area (Å²) in [6.45, 7) is 0. The zero-order chi connectivity index (χ0) is 16.5. The third-order valence-corrected chi connectivity index (χ3v) is 3.52. The molecule has 0 unspecified atom stereocenters. The highest BCUT2D eigenvalue weighted by Crippen LogP contribution is 2.25. The van der Waals surface area contributed by atoms with Crippen molar-refractivity contribution in [1.29, 1.82) is 0 Å². The highest BCUT2D eigenvalue weighted by molar-refractivity contribution is 5.81. The first-order valence-electron chi connectivity index (χ1n) is 7.11. The lowest BCUT2D eigenvalue weighted by Gasteiger charge is -2.02. The smallest absolute Gasteiger partial charge is 0.349 e. The minimum Gasteiger partial charge on any atom is -0.497 e. The van der Waals surface area contributed by atoms with Crippen LogP contribution in [0, 0.1) is 0 Å². The molecule has 0 N–H and O–H groups in total. The largest absolute Gasteiger partial charge is 0.497 e. The predicted molar refractivity (Wildman–Crippen MR) is 85.6 cm³/mol. The van der Waals surface area contributed by atoms with E-state index >= 15 is 0 Å². The monoisotopic (exact) mass is 321 g/mol. The Morgan fingerprint density at radius 2 is 1.75 bits per heavy atom. The molecule has 7 heteroatoms. The number of hydrogen-bond donors (Lipinski definition) is 0. The maximum Gasteiger partial charge on any atom is 0.349 e. The summed E-state index contributed by atoms with van der Waals surface area (Å²) < 4.78 is 16.1. The molecule has 1 aromatic carbocycles. The van der Waals surface area contributed by atoms with Crippen molar-refractivity contribution >= 4 is 11.0 Å². The molecule has 0 radical (unpaired) electrons. The van der Waals surface area contributed by atoms with Crippen LogP contribution in [-0.2, 0) is 0 Å². The zero-order valence-electron chi connectivity index (χ0n) is 12.6. The minimum atomic E-state index is -0.544. The van der Waals surface area contributed by atoms with E-state index in [1.165, 1.54) is 0 Å². The summed E-state index contributed by atoms with van der Waals surface area (Å²) in [5.74, 6) is 1.06. The average molecular weight is 321 g/mol. The van der Waals surface area contributed by atoms with Gasteiger partial charge in [-0.05, 0) is 36.4 Å². The van der Waals surface area contributed by atoms with Gasteiger partial charge in [-0.25, -0.2) is 4.79 Å². The molecule has 4 aromatic rings. The van der Waals surface area contributed by atoms with Gasteiger partial charge in [0.1, 0.15) is 16.9 Å². The molecule has 0 amide bonds. The molecule has 0 saturated heterocycles. The van der Waals surface area contributed by atoms with Crippen molar-refractivity contribution in [2.24, 2.45) is 0 Å². The van der Waals surface area contributed by atoms with Crippen LogP contribution in [0.2, 0.25) is 0 Å². The maximum absolute atomic E-state index is 12.2. The molecule has 4 rings (SSSR count). The molecule has 0 aliphatic heterocycles. The molecule has 118 valence electrons. The Bertz CT molecular complexity index is 1070. The van der Waals surface area contributed by atoms with E-state index in [-0.39, 0.29) is 11.5 Å². The summed E-state index contributed by atoms with van der Waals surface area (Å²) in [4.78, 5) is 16.1.